The third-order valence-corrected chi connectivity index (χ3v) is 4.18. The van der Waals surface area contributed by atoms with Gasteiger partial charge in [-0.25, -0.2) is 8.42 Å². The Hall–Kier alpha value is -2.03. The molecule has 2 rings (SSSR count). The average molecular weight is 322 g/mol. The first-order valence-electron chi connectivity index (χ1n) is 6.07. The molecule has 0 amide bonds. The Labute approximate surface area is 128 Å². The van der Waals surface area contributed by atoms with Gasteiger partial charge < -0.3 is 4.74 Å². The zero-order chi connectivity index (χ0) is 15.5. The van der Waals surface area contributed by atoms with E-state index in [4.69, 9.17) is 20.7 Å². The van der Waals surface area contributed by atoms with Crippen molar-refractivity contribution in [1.29, 1.82) is 5.26 Å². The lowest BCUT2D eigenvalue weighted by molar-refractivity contribution is 0.298. The van der Waals surface area contributed by atoms with E-state index in [1.807, 2.05) is 6.07 Å². The van der Waals surface area contributed by atoms with Crippen molar-refractivity contribution in [2.75, 3.05) is 0 Å². The van der Waals surface area contributed by atoms with Gasteiger partial charge in [0.25, 0.3) is 9.05 Å². The van der Waals surface area contributed by atoms with Crippen molar-refractivity contribution in [2.45, 2.75) is 18.4 Å². The number of nitriles is 1. The summed E-state index contributed by atoms with van der Waals surface area (Å²) < 4.78 is 28.6. The molecule has 0 aromatic heterocycles. The summed E-state index contributed by atoms with van der Waals surface area (Å²) in [4.78, 5) is -0.0437. The van der Waals surface area contributed by atoms with Gasteiger partial charge in [-0.05, 0) is 42.3 Å². The van der Waals surface area contributed by atoms with Gasteiger partial charge in [-0.1, -0.05) is 18.2 Å². The molecule has 0 radical (unpaired) electrons. The first-order valence-corrected chi connectivity index (χ1v) is 8.38. The molecular weight excluding hydrogens is 310 g/mol. The first-order chi connectivity index (χ1) is 9.90. The fourth-order valence-electron chi connectivity index (χ4n) is 1.76. The molecule has 0 saturated carbocycles. The summed E-state index contributed by atoms with van der Waals surface area (Å²) in [5.41, 5.74) is 2.16. The van der Waals surface area contributed by atoms with Crippen molar-refractivity contribution in [3.05, 3.63) is 59.2 Å². The molecule has 0 aliphatic rings. The highest BCUT2D eigenvalue weighted by Gasteiger charge is 2.17. The molecule has 0 saturated heterocycles. The smallest absolute Gasteiger partial charge is 0.264 e. The van der Waals surface area contributed by atoms with Crippen LogP contribution in [-0.4, -0.2) is 8.42 Å². The van der Waals surface area contributed by atoms with Gasteiger partial charge in [0.1, 0.15) is 17.3 Å². The molecule has 0 spiro atoms. The number of hydrogen-bond acceptors (Lipinski definition) is 4. The second-order valence-corrected chi connectivity index (χ2v) is 7.02. The van der Waals surface area contributed by atoms with Gasteiger partial charge in [-0.2, -0.15) is 5.26 Å². The van der Waals surface area contributed by atoms with Crippen LogP contribution >= 0.6 is 10.7 Å². The Morgan fingerprint density at radius 3 is 2.43 bits per heavy atom. The van der Waals surface area contributed by atoms with Gasteiger partial charge in [0.15, 0.2) is 0 Å². The lowest BCUT2D eigenvalue weighted by Crippen LogP contribution is -2.01. The quantitative estimate of drug-likeness (QED) is 0.810. The lowest BCUT2D eigenvalue weighted by Gasteiger charge is -2.10. The van der Waals surface area contributed by atoms with Crippen LogP contribution in [0.4, 0.5) is 0 Å². The van der Waals surface area contributed by atoms with E-state index in [2.05, 4.69) is 0 Å². The fraction of sp³-hybridized carbons (Fsp3) is 0.133. The largest absolute Gasteiger partial charge is 0.487 e. The Morgan fingerprint density at radius 1 is 1.19 bits per heavy atom. The number of aryl methyl sites for hydroxylation is 1. The van der Waals surface area contributed by atoms with Crippen LogP contribution in [0.1, 0.15) is 16.7 Å². The van der Waals surface area contributed by atoms with E-state index < -0.39 is 9.05 Å². The molecule has 2 aromatic carbocycles. The molecule has 108 valence electrons. The first kappa shape index (κ1) is 15.4. The Balaban J connectivity index is 2.22. The van der Waals surface area contributed by atoms with Crippen LogP contribution < -0.4 is 4.74 Å². The van der Waals surface area contributed by atoms with Gasteiger partial charge in [0.05, 0.1) is 11.6 Å². The van der Waals surface area contributed by atoms with Crippen LogP contribution in [0.15, 0.2) is 47.4 Å². The monoisotopic (exact) mass is 321 g/mol. The molecule has 21 heavy (non-hydrogen) atoms. The summed E-state index contributed by atoms with van der Waals surface area (Å²) in [6.45, 7) is 1.96. The molecule has 0 aliphatic heterocycles. The van der Waals surface area contributed by atoms with E-state index >= 15 is 0 Å². The molecular formula is C15H12ClNO3S. The Kier molecular flexibility index (Phi) is 4.51. The van der Waals surface area contributed by atoms with E-state index in [-0.39, 0.29) is 17.3 Å². The second-order valence-electron chi connectivity index (χ2n) is 4.49. The number of hydrogen-bond donors (Lipinski definition) is 0. The minimum absolute atomic E-state index is 0.0437. The molecule has 4 nitrogen and oxygen atoms in total. The molecule has 0 unspecified atom stereocenters. The van der Waals surface area contributed by atoms with Crippen LogP contribution in [0.2, 0.25) is 0 Å². The summed E-state index contributed by atoms with van der Waals surface area (Å²) in [7, 11) is 1.55. The molecule has 6 heteroatoms. The lowest BCUT2D eigenvalue weighted by atomic mass is 10.1. The molecule has 0 fully saturated rings. The van der Waals surface area contributed by atoms with Crippen molar-refractivity contribution in [2.24, 2.45) is 0 Å². The van der Waals surface area contributed by atoms with Crippen molar-refractivity contribution >= 4 is 19.7 Å². The number of nitrogens with zero attached hydrogens (tertiary/aromatic N) is 1. The minimum Gasteiger partial charge on any atom is -0.487 e. The highest BCUT2D eigenvalue weighted by atomic mass is 35.7. The van der Waals surface area contributed by atoms with Crippen LogP contribution in [0, 0.1) is 18.3 Å². The predicted octanol–water partition coefficient (Wildman–Crippen LogP) is 3.37. The van der Waals surface area contributed by atoms with Crippen molar-refractivity contribution in [3.63, 3.8) is 0 Å². The van der Waals surface area contributed by atoms with E-state index in [9.17, 15) is 8.42 Å². The third-order valence-electron chi connectivity index (χ3n) is 2.84. The molecule has 2 aromatic rings. The highest BCUT2D eigenvalue weighted by Crippen LogP contribution is 2.28. The molecule has 0 aliphatic carbocycles. The minimum atomic E-state index is -3.87. The van der Waals surface area contributed by atoms with E-state index in [0.29, 0.717) is 5.56 Å². The SMILES string of the molecule is Cc1ccc(OCc2ccc(C#N)cc2)c(S(=O)(=O)Cl)c1. The third kappa shape index (κ3) is 3.97. The standard InChI is InChI=1S/C15H12ClNO3S/c1-11-2-7-14(15(8-11)21(16,18)19)20-10-13-5-3-12(9-17)4-6-13/h2-8H,10H2,1H3. The normalized spacial score (nSPS) is 10.9. The summed E-state index contributed by atoms with van der Waals surface area (Å²) >= 11 is 0. The fourth-order valence-corrected chi connectivity index (χ4v) is 2.82. The summed E-state index contributed by atoms with van der Waals surface area (Å²) in [6, 6.07) is 13.7. The summed E-state index contributed by atoms with van der Waals surface area (Å²) in [5, 5.41) is 8.73. The van der Waals surface area contributed by atoms with Gasteiger partial charge in [0, 0.05) is 10.7 Å². The van der Waals surface area contributed by atoms with Crippen LogP contribution in [0.25, 0.3) is 0 Å². The highest BCUT2D eigenvalue weighted by molar-refractivity contribution is 8.13. The zero-order valence-corrected chi connectivity index (χ0v) is 12.8. The van der Waals surface area contributed by atoms with Crippen LogP contribution in [-0.2, 0) is 15.7 Å². The van der Waals surface area contributed by atoms with Gasteiger partial charge in [-0.3, -0.25) is 0 Å². The number of ether oxygens (including phenoxy) is 1. The summed E-state index contributed by atoms with van der Waals surface area (Å²) in [6.07, 6.45) is 0. The maximum atomic E-state index is 11.6. The van der Waals surface area contributed by atoms with Gasteiger partial charge in [-0.15, -0.1) is 0 Å². The van der Waals surface area contributed by atoms with Crippen molar-refractivity contribution < 1.29 is 13.2 Å². The predicted molar refractivity (Wildman–Crippen MR) is 79.7 cm³/mol. The summed E-state index contributed by atoms with van der Waals surface area (Å²) in [5.74, 6) is 0.208. The average Bonchev–Trinajstić information content (AvgIpc) is 2.45. The van der Waals surface area contributed by atoms with Crippen LogP contribution in [0.5, 0.6) is 5.75 Å². The van der Waals surface area contributed by atoms with E-state index in [1.165, 1.54) is 6.07 Å². The zero-order valence-electron chi connectivity index (χ0n) is 11.2. The van der Waals surface area contributed by atoms with Gasteiger partial charge >= 0.3 is 0 Å². The number of benzene rings is 2. The maximum absolute atomic E-state index is 11.6. The molecule has 0 heterocycles. The topological polar surface area (TPSA) is 67.2 Å². The maximum Gasteiger partial charge on any atom is 0.264 e. The van der Waals surface area contributed by atoms with E-state index in [1.54, 1.807) is 43.3 Å². The second kappa shape index (κ2) is 6.17. The van der Waals surface area contributed by atoms with Crippen molar-refractivity contribution in [3.8, 4) is 11.8 Å². The molecule has 0 atom stereocenters. The molecule has 0 bridgehead atoms. The Morgan fingerprint density at radius 2 is 1.86 bits per heavy atom. The number of halogens is 1. The van der Waals surface area contributed by atoms with Crippen molar-refractivity contribution in [1.82, 2.24) is 0 Å². The van der Waals surface area contributed by atoms with Gasteiger partial charge in [0.2, 0.25) is 0 Å². The number of rotatable bonds is 4. The van der Waals surface area contributed by atoms with Crippen LogP contribution in [0.3, 0.4) is 0 Å². The molecule has 0 N–H and O–H groups in total. The Bertz CT molecular complexity index is 793. The van der Waals surface area contributed by atoms with E-state index in [0.717, 1.165) is 11.1 Å².